The van der Waals surface area contributed by atoms with E-state index in [2.05, 4.69) is 12.2 Å². The third-order valence-electron chi connectivity index (χ3n) is 6.32. The van der Waals surface area contributed by atoms with Crippen LogP contribution < -0.4 is 15.0 Å². The molecule has 2 heterocycles. The molecule has 2 amide bonds. The molecule has 0 aliphatic heterocycles. The van der Waals surface area contributed by atoms with Crippen LogP contribution in [0.4, 0.5) is 11.6 Å². The molecule has 5 rings (SSSR count). The number of rotatable bonds is 8. The number of anilines is 2. The Balaban J connectivity index is 1.42. The van der Waals surface area contributed by atoms with Crippen LogP contribution in [0.25, 0.3) is 21.5 Å². The second kappa shape index (κ2) is 10.9. The lowest BCUT2D eigenvalue weighted by Crippen LogP contribution is -2.26. The van der Waals surface area contributed by atoms with Gasteiger partial charge in [0.05, 0.1) is 23.0 Å². The molecule has 0 radical (unpaired) electrons. The zero-order valence-corrected chi connectivity index (χ0v) is 22.3. The average molecular weight is 525 g/mol. The molecule has 192 valence electrons. The zero-order chi connectivity index (χ0) is 26.6. The van der Waals surface area contributed by atoms with E-state index in [1.54, 1.807) is 31.2 Å². The van der Waals surface area contributed by atoms with Crippen molar-refractivity contribution in [2.24, 2.45) is 0 Å². The number of carbonyl (C=O) groups excluding carboxylic acids is 2. The number of amides is 2. The fourth-order valence-corrected chi connectivity index (χ4v) is 5.31. The summed E-state index contributed by atoms with van der Waals surface area (Å²) in [5.74, 6) is 0.918. The molecule has 38 heavy (non-hydrogen) atoms. The Labute approximate surface area is 225 Å². The van der Waals surface area contributed by atoms with Crippen molar-refractivity contribution in [3.63, 3.8) is 0 Å². The van der Waals surface area contributed by atoms with Gasteiger partial charge in [-0.1, -0.05) is 37.3 Å². The van der Waals surface area contributed by atoms with Crippen molar-refractivity contribution < 1.29 is 14.3 Å². The predicted octanol–water partition coefficient (Wildman–Crippen LogP) is 6.71. The minimum atomic E-state index is -0.222. The lowest BCUT2D eigenvalue weighted by atomic mass is 10.1. The summed E-state index contributed by atoms with van der Waals surface area (Å²) >= 11 is 1.40. The van der Waals surface area contributed by atoms with Gasteiger partial charge >= 0.3 is 0 Å². The predicted molar refractivity (Wildman–Crippen MR) is 153 cm³/mol. The SMILES string of the molecule is CCCn1c(NC(=O)c2ccc(-c3ccccc3OC)s2)nc2cc(N(C)C(=O)c3ccccc3)ccc21. The third kappa shape index (κ3) is 4.90. The van der Waals surface area contributed by atoms with E-state index in [0.29, 0.717) is 28.5 Å². The molecular formula is C30H28N4O3S. The van der Waals surface area contributed by atoms with Crippen molar-refractivity contribution in [1.82, 2.24) is 9.55 Å². The Morgan fingerprint density at radius 1 is 1.00 bits per heavy atom. The average Bonchev–Trinajstić information content (AvgIpc) is 3.58. The van der Waals surface area contributed by atoms with Gasteiger partial charge in [0.15, 0.2) is 0 Å². The van der Waals surface area contributed by atoms with Crippen LogP contribution in [0.5, 0.6) is 5.75 Å². The van der Waals surface area contributed by atoms with Gasteiger partial charge in [0.25, 0.3) is 11.8 Å². The Kier molecular flexibility index (Phi) is 7.24. The van der Waals surface area contributed by atoms with E-state index in [0.717, 1.165) is 33.8 Å². The molecule has 0 fully saturated rings. The van der Waals surface area contributed by atoms with Crippen molar-refractivity contribution in [2.45, 2.75) is 19.9 Å². The highest BCUT2D eigenvalue weighted by Crippen LogP contribution is 2.35. The maximum absolute atomic E-state index is 13.2. The number of aromatic nitrogens is 2. The highest BCUT2D eigenvalue weighted by Gasteiger charge is 2.19. The molecule has 0 atom stereocenters. The summed E-state index contributed by atoms with van der Waals surface area (Å²) in [5.41, 5.74) is 3.89. The van der Waals surface area contributed by atoms with Crippen LogP contribution in [0.15, 0.2) is 84.9 Å². The van der Waals surface area contributed by atoms with E-state index in [4.69, 9.17) is 9.72 Å². The standard InChI is InChI=1S/C30H28N4O3S/c1-4-18-34-24-15-14-21(33(2)29(36)20-10-6-5-7-11-20)19-23(24)31-30(34)32-28(35)27-17-16-26(38-27)22-12-8-9-13-25(22)37-3/h5-17,19H,4,18H2,1-3H3,(H,31,32,35). The van der Waals surface area contributed by atoms with Crippen molar-refractivity contribution in [1.29, 1.82) is 0 Å². The Morgan fingerprint density at radius 3 is 2.53 bits per heavy atom. The molecular weight excluding hydrogens is 496 g/mol. The van der Waals surface area contributed by atoms with E-state index in [1.165, 1.54) is 11.3 Å². The van der Waals surface area contributed by atoms with E-state index < -0.39 is 0 Å². The van der Waals surface area contributed by atoms with Crippen molar-refractivity contribution in [2.75, 3.05) is 24.4 Å². The molecule has 0 unspecified atom stereocenters. The number of aryl methyl sites for hydroxylation is 1. The highest BCUT2D eigenvalue weighted by atomic mass is 32.1. The van der Waals surface area contributed by atoms with Crippen molar-refractivity contribution in [3.8, 4) is 16.2 Å². The number of hydrogen-bond acceptors (Lipinski definition) is 5. The van der Waals surface area contributed by atoms with Gasteiger partial charge < -0.3 is 14.2 Å². The van der Waals surface area contributed by atoms with Gasteiger partial charge in [0.2, 0.25) is 5.95 Å². The second-order valence-electron chi connectivity index (χ2n) is 8.81. The summed E-state index contributed by atoms with van der Waals surface area (Å²) < 4.78 is 7.48. The van der Waals surface area contributed by atoms with Crippen LogP contribution >= 0.6 is 11.3 Å². The highest BCUT2D eigenvalue weighted by molar-refractivity contribution is 7.17. The summed E-state index contributed by atoms with van der Waals surface area (Å²) in [6.07, 6.45) is 0.874. The van der Waals surface area contributed by atoms with Gasteiger partial charge in [-0.25, -0.2) is 4.98 Å². The maximum Gasteiger partial charge on any atom is 0.268 e. The smallest absolute Gasteiger partial charge is 0.268 e. The number of hydrogen-bond donors (Lipinski definition) is 1. The lowest BCUT2D eigenvalue weighted by Gasteiger charge is -2.17. The van der Waals surface area contributed by atoms with Crippen LogP contribution in [-0.2, 0) is 6.54 Å². The molecule has 0 saturated heterocycles. The minimum Gasteiger partial charge on any atom is -0.496 e. The molecule has 5 aromatic rings. The molecule has 8 heteroatoms. The van der Waals surface area contributed by atoms with E-state index in [1.807, 2.05) is 77.4 Å². The van der Waals surface area contributed by atoms with Crippen LogP contribution in [0.1, 0.15) is 33.4 Å². The third-order valence-corrected chi connectivity index (χ3v) is 7.44. The number of imidazole rings is 1. The Bertz CT molecular complexity index is 1610. The van der Waals surface area contributed by atoms with Crippen LogP contribution in [-0.4, -0.2) is 35.5 Å². The normalized spacial score (nSPS) is 10.9. The number of thiophene rings is 1. The van der Waals surface area contributed by atoms with E-state index >= 15 is 0 Å². The Morgan fingerprint density at radius 2 is 1.76 bits per heavy atom. The zero-order valence-electron chi connectivity index (χ0n) is 21.5. The summed E-state index contributed by atoms with van der Waals surface area (Å²) in [7, 11) is 3.39. The molecule has 3 aromatic carbocycles. The minimum absolute atomic E-state index is 0.102. The monoisotopic (exact) mass is 524 g/mol. The summed E-state index contributed by atoms with van der Waals surface area (Å²) in [5, 5.41) is 3.00. The van der Waals surface area contributed by atoms with Crippen LogP contribution in [0.2, 0.25) is 0 Å². The molecule has 0 saturated carbocycles. The van der Waals surface area contributed by atoms with Crippen LogP contribution in [0, 0.1) is 0 Å². The largest absolute Gasteiger partial charge is 0.496 e. The second-order valence-corrected chi connectivity index (χ2v) is 9.89. The fourth-order valence-electron chi connectivity index (χ4n) is 4.38. The molecule has 0 bridgehead atoms. The first-order chi connectivity index (χ1) is 18.5. The molecule has 7 nitrogen and oxygen atoms in total. The molecule has 1 N–H and O–H groups in total. The maximum atomic E-state index is 13.2. The number of fused-ring (bicyclic) bond motifs is 1. The summed E-state index contributed by atoms with van der Waals surface area (Å²) in [6.45, 7) is 2.78. The van der Waals surface area contributed by atoms with Gasteiger partial charge in [0, 0.05) is 35.3 Å². The van der Waals surface area contributed by atoms with E-state index in [9.17, 15) is 9.59 Å². The van der Waals surface area contributed by atoms with Crippen molar-refractivity contribution >= 4 is 45.8 Å². The van der Waals surface area contributed by atoms with E-state index in [-0.39, 0.29) is 11.8 Å². The summed E-state index contributed by atoms with van der Waals surface area (Å²) in [6, 6.07) is 26.4. The molecule has 2 aromatic heterocycles. The lowest BCUT2D eigenvalue weighted by molar-refractivity contribution is 0.0991. The molecule has 0 spiro atoms. The number of nitrogens with zero attached hydrogens (tertiary/aromatic N) is 3. The number of para-hydroxylation sites is 1. The van der Waals surface area contributed by atoms with Gasteiger partial charge in [-0.15, -0.1) is 11.3 Å². The fraction of sp³-hybridized carbons (Fsp3) is 0.167. The molecule has 0 aliphatic carbocycles. The first-order valence-corrected chi connectivity index (χ1v) is 13.2. The quantitative estimate of drug-likeness (QED) is 0.245. The first-order valence-electron chi connectivity index (χ1n) is 12.4. The first kappa shape index (κ1) is 25.2. The van der Waals surface area contributed by atoms with Gasteiger partial charge in [-0.3, -0.25) is 14.9 Å². The van der Waals surface area contributed by atoms with Crippen molar-refractivity contribution in [3.05, 3.63) is 95.4 Å². The summed E-state index contributed by atoms with van der Waals surface area (Å²) in [4.78, 5) is 34.0. The van der Waals surface area contributed by atoms with Crippen LogP contribution in [0.3, 0.4) is 0 Å². The number of carbonyl (C=O) groups is 2. The number of benzene rings is 3. The number of nitrogens with one attached hydrogen (secondary N) is 1. The molecule has 0 aliphatic rings. The van der Waals surface area contributed by atoms with Gasteiger partial charge in [0.1, 0.15) is 5.75 Å². The number of ether oxygens (including phenoxy) is 1. The Hall–Kier alpha value is -4.43. The topological polar surface area (TPSA) is 76.5 Å². The van der Waals surface area contributed by atoms with Gasteiger partial charge in [-0.2, -0.15) is 0 Å². The number of methoxy groups -OCH3 is 1. The van der Waals surface area contributed by atoms with Gasteiger partial charge in [-0.05, 0) is 61.0 Å².